The van der Waals surface area contributed by atoms with E-state index in [0.29, 0.717) is 16.9 Å². The zero-order valence-corrected chi connectivity index (χ0v) is 22.9. The normalized spacial score (nSPS) is 14.2. The fourth-order valence-corrected chi connectivity index (χ4v) is 5.68. The van der Waals surface area contributed by atoms with E-state index in [9.17, 15) is 23.6 Å². The summed E-state index contributed by atoms with van der Waals surface area (Å²) in [5.41, 5.74) is 2.46. The van der Waals surface area contributed by atoms with Crippen LogP contribution in [0.1, 0.15) is 5.56 Å². The average molecular weight is 579 g/mol. The fraction of sp³-hybridized carbons (Fsp3) is 0.0625. The lowest BCUT2D eigenvalue weighted by Gasteiger charge is -2.13. The lowest BCUT2D eigenvalue weighted by molar-refractivity contribution is -0.127. The van der Waals surface area contributed by atoms with Gasteiger partial charge in [0.05, 0.1) is 4.91 Å². The number of thioether (sulfide) groups is 1. The molecule has 1 aliphatic heterocycles. The highest BCUT2D eigenvalue weighted by Crippen LogP contribution is 2.34. The molecule has 8 nitrogen and oxygen atoms in total. The first kappa shape index (κ1) is 27.0. The van der Waals surface area contributed by atoms with Crippen LogP contribution in [0.25, 0.3) is 27.8 Å². The maximum absolute atomic E-state index is 13.2. The van der Waals surface area contributed by atoms with Crippen molar-refractivity contribution in [2.24, 2.45) is 0 Å². The van der Waals surface area contributed by atoms with Crippen molar-refractivity contribution >= 4 is 73.8 Å². The number of nitrogens with zero attached hydrogens (tertiary/aromatic N) is 2. The van der Waals surface area contributed by atoms with Crippen molar-refractivity contribution < 1.29 is 23.6 Å². The summed E-state index contributed by atoms with van der Waals surface area (Å²) in [5.74, 6) is -1.77. The maximum atomic E-state index is 13.2. The van der Waals surface area contributed by atoms with E-state index in [4.69, 9.17) is 0 Å². The number of imide groups is 1. The van der Waals surface area contributed by atoms with Gasteiger partial charge < -0.3 is 15.2 Å². The number of rotatable bonds is 7. The van der Waals surface area contributed by atoms with Gasteiger partial charge in [-0.05, 0) is 59.6 Å². The molecule has 0 saturated carbocycles. The molecule has 10 heteroatoms. The first-order valence-corrected chi connectivity index (χ1v) is 13.8. The molecule has 0 unspecified atom stereocenters. The van der Waals surface area contributed by atoms with Crippen molar-refractivity contribution in [2.75, 3.05) is 17.2 Å². The number of aromatic nitrogens is 1. The second-order valence-corrected chi connectivity index (χ2v) is 10.6. The number of halogens is 1. The zero-order chi connectivity index (χ0) is 29.2. The number of anilines is 2. The summed E-state index contributed by atoms with van der Waals surface area (Å²) in [6.45, 7) is -0.446. The summed E-state index contributed by atoms with van der Waals surface area (Å²) in [6.07, 6.45) is 3.33. The third-order valence-corrected chi connectivity index (χ3v) is 7.69. The van der Waals surface area contributed by atoms with E-state index < -0.39 is 29.4 Å². The van der Waals surface area contributed by atoms with E-state index in [2.05, 4.69) is 10.6 Å². The van der Waals surface area contributed by atoms with Crippen molar-refractivity contribution in [2.45, 2.75) is 6.54 Å². The van der Waals surface area contributed by atoms with Crippen LogP contribution in [-0.2, 0) is 20.9 Å². The van der Waals surface area contributed by atoms with Gasteiger partial charge in [-0.2, -0.15) is 0 Å². The summed E-state index contributed by atoms with van der Waals surface area (Å²) in [7, 11) is 0. The van der Waals surface area contributed by atoms with Crippen LogP contribution in [0.5, 0.6) is 0 Å². The Labute approximate surface area is 243 Å². The molecular formula is C32H23FN4O4S. The van der Waals surface area contributed by atoms with Crippen LogP contribution in [0.2, 0.25) is 0 Å². The van der Waals surface area contributed by atoms with Gasteiger partial charge in [0.25, 0.3) is 11.1 Å². The predicted molar refractivity (Wildman–Crippen MR) is 162 cm³/mol. The van der Waals surface area contributed by atoms with Crippen LogP contribution >= 0.6 is 11.8 Å². The molecular weight excluding hydrogens is 555 g/mol. The van der Waals surface area contributed by atoms with Crippen LogP contribution < -0.4 is 10.6 Å². The van der Waals surface area contributed by atoms with Gasteiger partial charge in [-0.1, -0.05) is 54.6 Å². The van der Waals surface area contributed by atoms with E-state index in [1.807, 2.05) is 60.7 Å². The van der Waals surface area contributed by atoms with Crippen molar-refractivity contribution in [3.8, 4) is 0 Å². The number of amides is 4. The molecule has 0 spiro atoms. The summed E-state index contributed by atoms with van der Waals surface area (Å²) >= 11 is 0.761. The number of benzene rings is 4. The number of fused-ring (bicyclic) bond motifs is 2. The molecule has 2 N–H and O–H groups in total. The number of hydrogen-bond donors (Lipinski definition) is 2. The number of hydrogen-bond acceptors (Lipinski definition) is 5. The third kappa shape index (κ3) is 5.52. The highest BCUT2D eigenvalue weighted by molar-refractivity contribution is 8.18. The molecule has 0 atom stereocenters. The van der Waals surface area contributed by atoms with Crippen molar-refractivity contribution in [3.63, 3.8) is 0 Å². The van der Waals surface area contributed by atoms with Crippen LogP contribution in [0.15, 0.2) is 102 Å². The Morgan fingerprint density at radius 1 is 0.786 bits per heavy atom. The molecule has 1 aliphatic rings. The van der Waals surface area contributed by atoms with Gasteiger partial charge in [0, 0.05) is 39.4 Å². The molecule has 4 amide bonds. The maximum Gasteiger partial charge on any atom is 0.294 e. The van der Waals surface area contributed by atoms with Gasteiger partial charge >= 0.3 is 0 Å². The minimum atomic E-state index is -0.566. The Kier molecular flexibility index (Phi) is 7.28. The molecule has 0 radical (unpaired) electrons. The molecule has 1 fully saturated rings. The van der Waals surface area contributed by atoms with E-state index >= 15 is 0 Å². The third-order valence-electron chi connectivity index (χ3n) is 6.79. The topological polar surface area (TPSA) is 101 Å². The van der Waals surface area contributed by atoms with Crippen LogP contribution in [0, 0.1) is 5.82 Å². The SMILES string of the molecule is O=C(Cn1cc(/C=C2\SC(=O)N(CC(=O)Nc3cccc4ccccc34)C2=O)c2ccccc21)Nc1ccc(F)cc1. The van der Waals surface area contributed by atoms with Crippen LogP contribution in [-0.4, -0.2) is 39.0 Å². The predicted octanol–water partition coefficient (Wildman–Crippen LogP) is 6.25. The molecule has 0 bridgehead atoms. The molecule has 1 aromatic heterocycles. The quantitative estimate of drug-likeness (QED) is 0.223. The van der Waals surface area contributed by atoms with E-state index in [1.54, 1.807) is 22.9 Å². The van der Waals surface area contributed by atoms with E-state index in [1.165, 1.54) is 24.3 Å². The van der Waals surface area contributed by atoms with Crippen LogP contribution in [0.4, 0.5) is 20.6 Å². The van der Waals surface area contributed by atoms with Crippen molar-refractivity contribution in [1.29, 1.82) is 0 Å². The highest BCUT2D eigenvalue weighted by Gasteiger charge is 2.36. The monoisotopic (exact) mass is 578 g/mol. The summed E-state index contributed by atoms with van der Waals surface area (Å²) in [4.78, 5) is 52.6. The standard InChI is InChI=1S/C32H23FN4O4S/c33-22-12-14-23(15-13-22)34-29(38)18-36-17-21(25-9-3-4-11-27(25)36)16-28-31(40)37(32(41)42-28)19-30(39)35-26-10-5-7-20-6-1-2-8-24(20)26/h1-17H,18-19H2,(H,34,38)(H,35,39)/b28-16-. The van der Waals surface area contributed by atoms with E-state index in [-0.39, 0.29) is 17.4 Å². The Morgan fingerprint density at radius 2 is 1.48 bits per heavy atom. The fourth-order valence-electron chi connectivity index (χ4n) is 4.85. The first-order valence-electron chi connectivity index (χ1n) is 13.0. The van der Waals surface area contributed by atoms with Gasteiger partial charge in [0.15, 0.2) is 0 Å². The van der Waals surface area contributed by atoms with Gasteiger partial charge in [0.1, 0.15) is 18.9 Å². The summed E-state index contributed by atoms with van der Waals surface area (Å²) in [6, 6.07) is 26.0. The van der Waals surface area contributed by atoms with Gasteiger partial charge in [-0.25, -0.2) is 4.39 Å². The van der Waals surface area contributed by atoms with Gasteiger partial charge in [0.2, 0.25) is 11.8 Å². The molecule has 42 heavy (non-hydrogen) atoms. The number of para-hydroxylation sites is 1. The molecule has 2 heterocycles. The molecule has 1 saturated heterocycles. The zero-order valence-electron chi connectivity index (χ0n) is 22.0. The van der Waals surface area contributed by atoms with E-state index in [0.717, 1.165) is 38.3 Å². The molecule has 5 aromatic rings. The molecule has 6 rings (SSSR count). The summed E-state index contributed by atoms with van der Waals surface area (Å²) < 4.78 is 14.9. The highest BCUT2D eigenvalue weighted by atomic mass is 32.2. The second kappa shape index (κ2) is 11.3. The Morgan fingerprint density at radius 3 is 2.29 bits per heavy atom. The minimum Gasteiger partial charge on any atom is -0.337 e. The molecule has 4 aromatic carbocycles. The number of carbonyl (C=O) groups excluding carboxylic acids is 4. The molecule has 208 valence electrons. The lowest BCUT2D eigenvalue weighted by atomic mass is 10.1. The summed E-state index contributed by atoms with van der Waals surface area (Å²) in [5, 5.41) is 7.60. The van der Waals surface area contributed by atoms with Crippen LogP contribution in [0.3, 0.4) is 0 Å². The molecule has 0 aliphatic carbocycles. The van der Waals surface area contributed by atoms with Gasteiger partial charge in [-0.3, -0.25) is 24.1 Å². The lowest BCUT2D eigenvalue weighted by Crippen LogP contribution is -2.36. The van der Waals surface area contributed by atoms with Crippen molar-refractivity contribution in [3.05, 3.63) is 113 Å². The second-order valence-electron chi connectivity index (χ2n) is 9.63. The first-order chi connectivity index (χ1) is 20.4. The average Bonchev–Trinajstić information content (AvgIpc) is 3.45. The number of carbonyl (C=O) groups is 4. The Balaban J connectivity index is 1.19. The largest absolute Gasteiger partial charge is 0.337 e. The Bertz CT molecular complexity index is 1910. The van der Waals surface area contributed by atoms with Crippen molar-refractivity contribution in [1.82, 2.24) is 9.47 Å². The van der Waals surface area contributed by atoms with Gasteiger partial charge in [-0.15, -0.1) is 0 Å². The number of nitrogens with one attached hydrogen (secondary N) is 2. The Hall–Kier alpha value is -5.22. The minimum absolute atomic E-state index is 0.0262. The smallest absolute Gasteiger partial charge is 0.294 e.